The molecule has 0 amide bonds. The quantitative estimate of drug-likeness (QED) is 0.379. The second-order valence-corrected chi connectivity index (χ2v) is 3.81. The van der Waals surface area contributed by atoms with Gasteiger partial charge in [-0.15, -0.1) is 0 Å². The van der Waals surface area contributed by atoms with Gasteiger partial charge < -0.3 is 19.8 Å². The van der Waals surface area contributed by atoms with Gasteiger partial charge in [-0.25, -0.2) is 0 Å². The maximum absolute atomic E-state index is 10.4. The van der Waals surface area contributed by atoms with Gasteiger partial charge in [0.2, 0.25) is 0 Å². The van der Waals surface area contributed by atoms with Gasteiger partial charge in [0, 0.05) is 18.8 Å². The van der Waals surface area contributed by atoms with Gasteiger partial charge in [0.05, 0.1) is 5.97 Å². The Labute approximate surface area is 127 Å². The molecule has 1 radical (unpaired) electrons. The second-order valence-electron chi connectivity index (χ2n) is 3.81. The SMILES string of the molecule is CC(=O)C(C(C)=O)C(=O)[O-].CCCC(=O)CC(=O)[O-].[Al+2]. The molecule has 0 N–H and O–H groups in total. The summed E-state index contributed by atoms with van der Waals surface area (Å²) in [6, 6.07) is 0. The first-order valence-electron chi connectivity index (χ1n) is 5.56. The summed E-state index contributed by atoms with van der Waals surface area (Å²) in [5.74, 6) is -6.12. The van der Waals surface area contributed by atoms with Crippen LogP contribution in [0.1, 0.15) is 40.0 Å². The van der Waals surface area contributed by atoms with Crippen molar-refractivity contribution in [3.63, 3.8) is 0 Å². The van der Waals surface area contributed by atoms with Crippen molar-refractivity contribution >= 4 is 46.6 Å². The first kappa shape index (κ1) is 23.6. The van der Waals surface area contributed by atoms with Crippen molar-refractivity contribution < 1.29 is 34.2 Å². The number of carboxylic acids is 2. The van der Waals surface area contributed by atoms with Crippen LogP contribution < -0.4 is 10.2 Å². The van der Waals surface area contributed by atoms with Crippen molar-refractivity contribution in [1.82, 2.24) is 0 Å². The van der Waals surface area contributed by atoms with Gasteiger partial charge in [-0.05, 0) is 20.3 Å². The molecule has 0 aromatic rings. The van der Waals surface area contributed by atoms with Gasteiger partial charge in [-0.1, -0.05) is 6.92 Å². The third-order valence-electron chi connectivity index (χ3n) is 1.92. The van der Waals surface area contributed by atoms with Crippen LogP contribution in [0.5, 0.6) is 0 Å². The summed E-state index contributed by atoms with van der Waals surface area (Å²) in [4.78, 5) is 51.0. The fourth-order valence-corrected chi connectivity index (χ4v) is 1.15. The van der Waals surface area contributed by atoms with E-state index >= 15 is 0 Å². The minimum Gasteiger partial charge on any atom is -0.550 e. The maximum Gasteiger partial charge on any atom is 2.00 e. The van der Waals surface area contributed by atoms with E-state index in [0.29, 0.717) is 12.8 Å². The number of carbonyl (C=O) groups is 5. The molecule has 0 fully saturated rings. The monoisotopic (exact) mass is 299 g/mol. The van der Waals surface area contributed by atoms with Crippen molar-refractivity contribution in [3.8, 4) is 0 Å². The van der Waals surface area contributed by atoms with E-state index in [-0.39, 0.29) is 23.1 Å². The Hall–Kier alpha value is -1.52. The second kappa shape index (κ2) is 12.5. The molecule has 0 aliphatic carbocycles. The molecule has 0 aliphatic heterocycles. The Balaban J connectivity index is -0.000000277. The number of hydrogen-bond acceptors (Lipinski definition) is 7. The van der Waals surface area contributed by atoms with E-state index in [0.717, 1.165) is 13.8 Å². The van der Waals surface area contributed by atoms with Gasteiger partial charge in [0.25, 0.3) is 0 Å². The van der Waals surface area contributed by atoms with Crippen molar-refractivity contribution in [2.45, 2.75) is 40.0 Å². The fourth-order valence-electron chi connectivity index (χ4n) is 1.15. The van der Waals surface area contributed by atoms with Crippen molar-refractivity contribution in [2.24, 2.45) is 5.92 Å². The summed E-state index contributed by atoms with van der Waals surface area (Å²) >= 11 is 0. The van der Waals surface area contributed by atoms with Gasteiger partial charge >= 0.3 is 17.4 Å². The van der Waals surface area contributed by atoms with Crippen molar-refractivity contribution in [2.75, 3.05) is 0 Å². The number of rotatable bonds is 7. The van der Waals surface area contributed by atoms with Crippen LogP contribution in [-0.2, 0) is 24.0 Å². The Morgan fingerprint density at radius 2 is 1.35 bits per heavy atom. The molecule has 20 heavy (non-hydrogen) atoms. The zero-order valence-corrected chi connectivity index (χ0v) is 12.8. The molecule has 0 spiro atoms. The van der Waals surface area contributed by atoms with Crippen LogP contribution in [0.3, 0.4) is 0 Å². The summed E-state index contributed by atoms with van der Waals surface area (Å²) in [6.45, 7) is 3.91. The molecule has 7 nitrogen and oxygen atoms in total. The van der Waals surface area contributed by atoms with Crippen molar-refractivity contribution in [3.05, 3.63) is 0 Å². The number of carboxylic acid groups (broad SMARTS) is 2. The van der Waals surface area contributed by atoms with Crippen LogP contribution >= 0.6 is 0 Å². The van der Waals surface area contributed by atoms with E-state index in [1.54, 1.807) is 0 Å². The molecule has 0 aromatic carbocycles. The van der Waals surface area contributed by atoms with Gasteiger partial charge in [0.1, 0.15) is 23.3 Å². The average molecular weight is 299 g/mol. The number of aliphatic carboxylic acids is 2. The Bertz CT molecular complexity index is 343. The first-order valence-corrected chi connectivity index (χ1v) is 5.56. The van der Waals surface area contributed by atoms with Crippen LogP contribution in [0.2, 0.25) is 0 Å². The Morgan fingerprint density at radius 1 is 0.950 bits per heavy atom. The summed E-state index contributed by atoms with van der Waals surface area (Å²) < 4.78 is 0. The van der Waals surface area contributed by atoms with E-state index in [1.165, 1.54) is 0 Å². The molecule has 0 aliphatic rings. The van der Waals surface area contributed by atoms with Crippen molar-refractivity contribution in [1.29, 1.82) is 0 Å². The topological polar surface area (TPSA) is 131 Å². The summed E-state index contributed by atoms with van der Waals surface area (Å²) in [6.07, 6.45) is 0.605. The molecule has 0 saturated heterocycles. The zero-order chi connectivity index (χ0) is 15.6. The zero-order valence-electron chi connectivity index (χ0n) is 11.6. The minimum atomic E-state index is -1.62. The third kappa shape index (κ3) is 12.9. The molecule has 8 heteroatoms. The number of ketones is 3. The molecule has 0 unspecified atom stereocenters. The number of Topliss-reactive ketones (excluding diaryl/α,β-unsaturated/α-hetero) is 3. The van der Waals surface area contributed by atoms with Crippen LogP contribution in [-0.4, -0.2) is 46.6 Å². The van der Waals surface area contributed by atoms with Crippen LogP contribution in [0, 0.1) is 5.92 Å². The van der Waals surface area contributed by atoms with E-state index in [4.69, 9.17) is 0 Å². The largest absolute Gasteiger partial charge is 2.00 e. The predicted octanol–water partition coefficient (Wildman–Crippen LogP) is -2.35. The molecule has 0 rings (SSSR count). The van der Waals surface area contributed by atoms with Gasteiger partial charge in [-0.2, -0.15) is 0 Å². The normalized spacial score (nSPS) is 8.80. The van der Waals surface area contributed by atoms with Crippen LogP contribution in [0.4, 0.5) is 0 Å². The number of carbonyl (C=O) groups excluding carboxylic acids is 5. The number of hydrogen-bond donors (Lipinski definition) is 0. The standard InChI is InChI=1S/C6H8O4.C6H10O3.Al/c1-3(7)5(4(2)8)6(9)10;1-2-3-5(7)4-6(8)9;/h5H,1-2H3,(H,9,10);2-4H2,1H3,(H,8,9);/q;;+2/p-2. The predicted molar refractivity (Wildman–Crippen MR) is 65.2 cm³/mol. The van der Waals surface area contributed by atoms with E-state index < -0.39 is 35.8 Å². The molecular weight excluding hydrogens is 283 g/mol. The maximum atomic E-state index is 10.4. The Morgan fingerprint density at radius 3 is 1.50 bits per heavy atom. The molecule has 0 atom stereocenters. The molecule has 0 bridgehead atoms. The van der Waals surface area contributed by atoms with Crippen LogP contribution in [0.25, 0.3) is 0 Å². The smallest absolute Gasteiger partial charge is 0.550 e. The summed E-state index contributed by atoms with van der Waals surface area (Å²) in [7, 11) is 0. The third-order valence-corrected chi connectivity index (χ3v) is 1.92. The average Bonchev–Trinajstić information content (AvgIpc) is 2.14. The van der Waals surface area contributed by atoms with Gasteiger partial charge in [-0.3, -0.25) is 14.4 Å². The summed E-state index contributed by atoms with van der Waals surface area (Å²) in [5.41, 5.74) is 0. The van der Waals surface area contributed by atoms with Gasteiger partial charge in [0.15, 0.2) is 0 Å². The molecular formula is C12H16AlO7. The molecule has 0 heterocycles. The van der Waals surface area contributed by atoms with E-state index in [9.17, 15) is 34.2 Å². The Kier molecular flexibility index (Phi) is 14.7. The van der Waals surface area contributed by atoms with E-state index in [1.807, 2.05) is 6.92 Å². The van der Waals surface area contributed by atoms with Crippen LogP contribution in [0.15, 0.2) is 0 Å². The molecule has 109 valence electrons. The van der Waals surface area contributed by atoms with E-state index in [2.05, 4.69) is 0 Å². The molecule has 0 saturated carbocycles. The minimum absolute atomic E-state index is 0. The fraction of sp³-hybridized carbons (Fsp3) is 0.583. The molecule has 0 aromatic heterocycles. The summed E-state index contributed by atoms with van der Waals surface area (Å²) in [5, 5.41) is 19.8. The first-order chi connectivity index (χ1) is 8.63.